The minimum atomic E-state index is -0.667. The molecule has 21 heavy (non-hydrogen) atoms. The summed E-state index contributed by atoms with van der Waals surface area (Å²) >= 11 is 0. The fraction of sp³-hybridized carbons (Fsp3) is 0.438. The van der Waals surface area contributed by atoms with Crippen LogP contribution in [0.5, 0.6) is 0 Å². The van der Waals surface area contributed by atoms with Gasteiger partial charge < -0.3 is 10.4 Å². The molecule has 2 N–H and O–H groups in total. The Bertz CT molecular complexity index is 639. The SMILES string of the molecule is O=C(O)C1CCCCC1CNc1cnnc2ccccc12. The summed E-state index contributed by atoms with van der Waals surface area (Å²) in [4.78, 5) is 11.3. The van der Waals surface area contributed by atoms with Crippen LogP contribution in [0.25, 0.3) is 10.9 Å². The molecule has 2 atom stereocenters. The average Bonchev–Trinajstić information content (AvgIpc) is 2.53. The Morgan fingerprint density at radius 1 is 1.29 bits per heavy atom. The van der Waals surface area contributed by atoms with Crippen molar-refractivity contribution in [2.24, 2.45) is 11.8 Å². The zero-order valence-corrected chi connectivity index (χ0v) is 11.8. The third kappa shape index (κ3) is 2.96. The van der Waals surface area contributed by atoms with Crippen molar-refractivity contribution in [3.63, 3.8) is 0 Å². The summed E-state index contributed by atoms with van der Waals surface area (Å²) in [6.45, 7) is 0.673. The van der Waals surface area contributed by atoms with Crippen molar-refractivity contribution >= 4 is 22.6 Å². The van der Waals surface area contributed by atoms with E-state index in [0.717, 1.165) is 42.3 Å². The van der Waals surface area contributed by atoms with Gasteiger partial charge in [0.15, 0.2) is 0 Å². The summed E-state index contributed by atoms with van der Waals surface area (Å²) in [7, 11) is 0. The van der Waals surface area contributed by atoms with Gasteiger partial charge in [-0.25, -0.2) is 0 Å². The van der Waals surface area contributed by atoms with Gasteiger partial charge in [0.25, 0.3) is 0 Å². The molecule has 2 unspecified atom stereocenters. The summed E-state index contributed by atoms with van der Waals surface area (Å²) < 4.78 is 0. The van der Waals surface area contributed by atoms with Gasteiger partial charge in [-0.3, -0.25) is 4.79 Å². The summed E-state index contributed by atoms with van der Waals surface area (Å²) in [6, 6.07) is 7.83. The van der Waals surface area contributed by atoms with Gasteiger partial charge in [0, 0.05) is 11.9 Å². The van der Waals surface area contributed by atoms with Crippen LogP contribution in [-0.2, 0) is 4.79 Å². The zero-order chi connectivity index (χ0) is 14.7. The highest BCUT2D eigenvalue weighted by Gasteiger charge is 2.30. The first-order chi connectivity index (χ1) is 10.3. The van der Waals surface area contributed by atoms with E-state index in [1.54, 1.807) is 6.20 Å². The molecule has 1 heterocycles. The van der Waals surface area contributed by atoms with Crippen LogP contribution in [0, 0.1) is 11.8 Å². The number of nitrogens with zero attached hydrogens (tertiary/aromatic N) is 2. The Balaban J connectivity index is 1.75. The van der Waals surface area contributed by atoms with Crippen molar-refractivity contribution < 1.29 is 9.90 Å². The van der Waals surface area contributed by atoms with Gasteiger partial charge in [0.05, 0.1) is 23.3 Å². The molecule has 1 aliphatic carbocycles. The monoisotopic (exact) mass is 285 g/mol. The van der Waals surface area contributed by atoms with E-state index in [9.17, 15) is 9.90 Å². The molecule has 5 nitrogen and oxygen atoms in total. The molecule has 1 aromatic heterocycles. The number of benzene rings is 1. The van der Waals surface area contributed by atoms with Crippen LogP contribution in [-0.4, -0.2) is 27.8 Å². The topological polar surface area (TPSA) is 75.1 Å². The molecule has 5 heteroatoms. The lowest BCUT2D eigenvalue weighted by molar-refractivity contribution is -0.144. The van der Waals surface area contributed by atoms with Crippen LogP contribution < -0.4 is 5.32 Å². The van der Waals surface area contributed by atoms with Crippen LogP contribution in [0.2, 0.25) is 0 Å². The number of aliphatic carboxylic acids is 1. The fourth-order valence-electron chi connectivity index (χ4n) is 3.17. The summed E-state index contributed by atoms with van der Waals surface area (Å²) in [5.41, 5.74) is 1.77. The van der Waals surface area contributed by atoms with Gasteiger partial charge in [-0.15, -0.1) is 0 Å². The Morgan fingerprint density at radius 2 is 2.10 bits per heavy atom. The largest absolute Gasteiger partial charge is 0.481 e. The molecule has 3 rings (SSSR count). The highest BCUT2D eigenvalue weighted by molar-refractivity contribution is 5.90. The van der Waals surface area contributed by atoms with Gasteiger partial charge in [0.1, 0.15) is 0 Å². The normalized spacial score (nSPS) is 22.1. The second kappa shape index (κ2) is 6.08. The predicted molar refractivity (Wildman–Crippen MR) is 81.1 cm³/mol. The van der Waals surface area contributed by atoms with E-state index in [0.29, 0.717) is 6.54 Å². The molecule has 1 fully saturated rings. The van der Waals surface area contributed by atoms with Crippen LogP contribution >= 0.6 is 0 Å². The molecular weight excluding hydrogens is 266 g/mol. The van der Waals surface area contributed by atoms with Crippen LogP contribution in [0.4, 0.5) is 5.69 Å². The number of carboxylic acid groups (broad SMARTS) is 1. The van der Waals surface area contributed by atoms with Crippen LogP contribution in [0.1, 0.15) is 25.7 Å². The van der Waals surface area contributed by atoms with Gasteiger partial charge in [-0.1, -0.05) is 31.0 Å². The molecule has 0 amide bonds. The maximum Gasteiger partial charge on any atom is 0.306 e. The maximum atomic E-state index is 11.3. The van der Waals surface area contributed by atoms with E-state index in [2.05, 4.69) is 15.5 Å². The Hall–Kier alpha value is -2.17. The molecule has 1 saturated carbocycles. The first-order valence-corrected chi connectivity index (χ1v) is 7.43. The highest BCUT2D eigenvalue weighted by Crippen LogP contribution is 2.31. The molecule has 1 aromatic carbocycles. The second-order valence-corrected chi connectivity index (χ2v) is 5.65. The molecule has 0 saturated heterocycles. The molecular formula is C16H19N3O2. The molecule has 1 aliphatic rings. The average molecular weight is 285 g/mol. The second-order valence-electron chi connectivity index (χ2n) is 5.65. The van der Waals surface area contributed by atoms with Gasteiger partial charge in [-0.2, -0.15) is 10.2 Å². The number of fused-ring (bicyclic) bond motifs is 1. The first kappa shape index (κ1) is 13.8. The lowest BCUT2D eigenvalue weighted by atomic mass is 9.79. The van der Waals surface area contributed by atoms with E-state index in [1.807, 2.05) is 24.3 Å². The van der Waals surface area contributed by atoms with E-state index < -0.39 is 5.97 Å². The van der Waals surface area contributed by atoms with E-state index >= 15 is 0 Å². The third-order valence-corrected chi connectivity index (χ3v) is 4.33. The Labute approximate surface area is 123 Å². The smallest absolute Gasteiger partial charge is 0.306 e. The van der Waals surface area contributed by atoms with Crippen molar-refractivity contribution in [3.8, 4) is 0 Å². The van der Waals surface area contributed by atoms with Crippen molar-refractivity contribution in [2.75, 3.05) is 11.9 Å². The van der Waals surface area contributed by atoms with Gasteiger partial charge in [-0.05, 0) is 24.8 Å². The van der Waals surface area contributed by atoms with Crippen LogP contribution in [0.15, 0.2) is 30.5 Å². The van der Waals surface area contributed by atoms with E-state index in [4.69, 9.17) is 0 Å². The molecule has 2 aromatic rings. The summed E-state index contributed by atoms with van der Waals surface area (Å²) in [5, 5.41) is 21.8. The number of hydrogen-bond donors (Lipinski definition) is 2. The lowest BCUT2D eigenvalue weighted by Crippen LogP contribution is -2.31. The number of anilines is 1. The van der Waals surface area contributed by atoms with E-state index in [1.165, 1.54) is 0 Å². The standard InChI is InChI=1S/C16H19N3O2/c20-16(21)12-6-2-1-5-11(12)9-17-15-10-18-19-14-8-4-3-7-13(14)15/h3-4,7-8,10-12H,1-2,5-6,9H2,(H,17,19)(H,20,21). The van der Waals surface area contributed by atoms with Crippen molar-refractivity contribution in [1.29, 1.82) is 0 Å². The fourth-order valence-corrected chi connectivity index (χ4v) is 3.17. The minimum absolute atomic E-state index is 0.183. The summed E-state index contributed by atoms with van der Waals surface area (Å²) in [5.74, 6) is -0.713. The number of carbonyl (C=O) groups is 1. The maximum absolute atomic E-state index is 11.3. The third-order valence-electron chi connectivity index (χ3n) is 4.33. The molecule has 110 valence electrons. The van der Waals surface area contributed by atoms with Gasteiger partial charge in [0.2, 0.25) is 0 Å². The molecule has 0 radical (unpaired) electrons. The first-order valence-electron chi connectivity index (χ1n) is 7.43. The minimum Gasteiger partial charge on any atom is -0.481 e. The number of rotatable bonds is 4. The highest BCUT2D eigenvalue weighted by atomic mass is 16.4. The predicted octanol–water partition coefficient (Wildman–Crippen LogP) is 2.93. The quantitative estimate of drug-likeness (QED) is 0.903. The van der Waals surface area contributed by atoms with E-state index in [-0.39, 0.29) is 11.8 Å². The lowest BCUT2D eigenvalue weighted by Gasteiger charge is -2.29. The number of carboxylic acids is 1. The molecule has 0 bridgehead atoms. The zero-order valence-electron chi connectivity index (χ0n) is 11.8. The Morgan fingerprint density at radius 3 is 2.95 bits per heavy atom. The van der Waals surface area contributed by atoms with Crippen LogP contribution in [0.3, 0.4) is 0 Å². The number of nitrogens with one attached hydrogen (secondary N) is 1. The molecule has 0 aliphatic heterocycles. The van der Waals surface area contributed by atoms with Gasteiger partial charge >= 0.3 is 5.97 Å². The van der Waals surface area contributed by atoms with Crippen molar-refractivity contribution in [3.05, 3.63) is 30.5 Å². The van der Waals surface area contributed by atoms with Crippen molar-refractivity contribution in [1.82, 2.24) is 10.2 Å². The number of aromatic nitrogens is 2. The summed E-state index contributed by atoms with van der Waals surface area (Å²) in [6.07, 6.45) is 5.61. The van der Waals surface area contributed by atoms with Crippen molar-refractivity contribution in [2.45, 2.75) is 25.7 Å². The molecule has 0 spiro atoms. The Kier molecular flexibility index (Phi) is 3.99. The number of hydrogen-bond acceptors (Lipinski definition) is 4.